The van der Waals surface area contributed by atoms with E-state index in [2.05, 4.69) is 5.10 Å². The molecule has 2 N–H and O–H groups in total. The van der Waals surface area contributed by atoms with Gasteiger partial charge in [0.1, 0.15) is 0 Å². The summed E-state index contributed by atoms with van der Waals surface area (Å²) in [5.74, 6) is 1.08. The Hall–Kier alpha value is -2.14. The zero-order chi connectivity index (χ0) is 16.0. The lowest BCUT2D eigenvalue weighted by molar-refractivity contribution is 0.0773. The average Bonchev–Trinajstić information content (AvgIpc) is 3.24. The maximum Gasteiger partial charge on any atom is 0.274 e. The van der Waals surface area contributed by atoms with Gasteiger partial charge in [0.05, 0.1) is 5.69 Å². The Morgan fingerprint density at radius 1 is 1.22 bits per heavy atom. The summed E-state index contributed by atoms with van der Waals surface area (Å²) in [5, 5.41) is 4.53. The molecule has 1 aromatic heterocycles. The van der Waals surface area contributed by atoms with Crippen molar-refractivity contribution in [3.05, 3.63) is 47.8 Å². The van der Waals surface area contributed by atoms with Crippen LogP contribution in [0.5, 0.6) is 0 Å². The molecule has 23 heavy (non-hydrogen) atoms. The minimum absolute atomic E-state index is 0.0318. The maximum atomic E-state index is 12.8. The van der Waals surface area contributed by atoms with E-state index in [0.29, 0.717) is 17.5 Å². The minimum Gasteiger partial charge on any atom is -0.337 e. The predicted octanol–water partition coefficient (Wildman–Crippen LogP) is 1.99. The third-order valence-electron chi connectivity index (χ3n) is 5.31. The van der Waals surface area contributed by atoms with Gasteiger partial charge < -0.3 is 10.6 Å². The van der Waals surface area contributed by atoms with Crippen molar-refractivity contribution < 1.29 is 4.79 Å². The van der Waals surface area contributed by atoms with Gasteiger partial charge in [0.2, 0.25) is 0 Å². The third kappa shape index (κ3) is 2.45. The van der Waals surface area contributed by atoms with Crippen LogP contribution in [-0.4, -0.2) is 39.7 Å². The van der Waals surface area contributed by atoms with Gasteiger partial charge in [-0.15, -0.1) is 0 Å². The second kappa shape index (κ2) is 5.49. The zero-order valence-corrected chi connectivity index (χ0v) is 13.4. The predicted molar refractivity (Wildman–Crippen MR) is 88.4 cm³/mol. The van der Waals surface area contributed by atoms with Crippen LogP contribution >= 0.6 is 0 Å². The number of amides is 1. The molecule has 1 aliphatic heterocycles. The molecule has 1 aliphatic carbocycles. The Kier molecular flexibility index (Phi) is 3.45. The van der Waals surface area contributed by atoms with E-state index in [4.69, 9.17) is 5.73 Å². The van der Waals surface area contributed by atoms with Gasteiger partial charge in [-0.05, 0) is 49.8 Å². The lowest BCUT2D eigenvalue weighted by Crippen LogP contribution is -2.33. The number of para-hydroxylation sites is 1. The minimum atomic E-state index is 0.0318. The van der Waals surface area contributed by atoms with Crippen LogP contribution in [0.4, 0.5) is 0 Å². The van der Waals surface area contributed by atoms with Crippen LogP contribution in [0, 0.1) is 18.8 Å². The Morgan fingerprint density at radius 2 is 2.00 bits per heavy atom. The molecule has 0 bridgehead atoms. The summed E-state index contributed by atoms with van der Waals surface area (Å²) in [7, 11) is 0. The lowest BCUT2D eigenvalue weighted by Gasteiger charge is -2.17. The molecule has 1 saturated carbocycles. The summed E-state index contributed by atoms with van der Waals surface area (Å²) in [6.07, 6.45) is 2.24. The number of nitrogens with zero attached hydrogens (tertiary/aromatic N) is 3. The summed E-state index contributed by atoms with van der Waals surface area (Å²) < 4.78 is 1.83. The summed E-state index contributed by atoms with van der Waals surface area (Å²) in [6, 6.07) is 12.0. The number of hydrogen-bond acceptors (Lipinski definition) is 3. The van der Waals surface area contributed by atoms with Crippen LogP contribution in [0.25, 0.3) is 5.69 Å². The smallest absolute Gasteiger partial charge is 0.274 e. The van der Waals surface area contributed by atoms with E-state index >= 15 is 0 Å². The Balaban J connectivity index is 1.56. The first kappa shape index (κ1) is 14.5. The van der Waals surface area contributed by atoms with Crippen molar-refractivity contribution in [2.45, 2.75) is 25.8 Å². The molecule has 2 aliphatic rings. The SMILES string of the molecule is Cc1cc(C(=O)N2CC3CCC(N)C3C2)nn1-c1ccccc1. The fourth-order valence-electron chi connectivity index (χ4n) is 4.04. The highest BCUT2D eigenvalue weighted by Crippen LogP contribution is 2.37. The number of hydrogen-bond donors (Lipinski definition) is 1. The molecular weight excluding hydrogens is 288 g/mol. The third-order valence-corrected chi connectivity index (χ3v) is 5.31. The van der Waals surface area contributed by atoms with E-state index < -0.39 is 0 Å². The highest BCUT2D eigenvalue weighted by atomic mass is 16.2. The topological polar surface area (TPSA) is 64.2 Å². The Labute approximate surface area is 136 Å². The highest BCUT2D eigenvalue weighted by molar-refractivity contribution is 5.92. The number of aryl methyl sites for hydroxylation is 1. The first-order valence-corrected chi connectivity index (χ1v) is 8.30. The van der Waals surface area contributed by atoms with Crippen molar-refractivity contribution in [2.24, 2.45) is 17.6 Å². The highest BCUT2D eigenvalue weighted by Gasteiger charge is 2.42. The number of aromatic nitrogens is 2. The molecule has 0 radical (unpaired) electrons. The fraction of sp³-hybridized carbons (Fsp3) is 0.444. The molecule has 2 aromatic rings. The second-order valence-corrected chi connectivity index (χ2v) is 6.79. The van der Waals surface area contributed by atoms with Gasteiger partial charge in [0, 0.05) is 24.8 Å². The molecule has 3 unspecified atom stereocenters. The second-order valence-electron chi connectivity index (χ2n) is 6.79. The molecule has 4 rings (SSSR count). The van der Waals surface area contributed by atoms with Crippen molar-refractivity contribution in [3.8, 4) is 5.69 Å². The van der Waals surface area contributed by atoms with Gasteiger partial charge in [-0.2, -0.15) is 5.10 Å². The number of rotatable bonds is 2. The average molecular weight is 310 g/mol. The van der Waals surface area contributed by atoms with Gasteiger partial charge in [-0.3, -0.25) is 4.79 Å². The van der Waals surface area contributed by atoms with Crippen molar-refractivity contribution in [2.75, 3.05) is 13.1 Å². The number of carbonyl (C=O) groups is 1. The molecule has 1 aromatic carbocycles. The molecule has 5 heteroatoms. The summed E-state index contributed by atoms with van der Waals surface area (Å²) in [5.41, 5.74) is 8.64. The molecular formula is C18H22N4O. The lowest BCUT2D eigenvalue weighted by atomic mass is 9.98. The zero-order valence-electron chi connectivity index (χ0n) is 13.4. The number of nitrogens with two attached hydrogens (primary N) is 1. The Bertz CT molecular complexity index is 724. The molecule has 5 nitrogen and oxygen atoms in total. The quantitative estimate of drug-likeness (QED) is 0.922. The molecule has 3 atom stereocenters. The molecule has 1 amide bonds. The fourth-order valence-corrected chi connectivity index (χ4v) is 4.04. The first-order valence-electron chi connectivity index (χ1n) is 8.30. The van der Waals surface area contributed by atoms with E-state index in [-0.39, 0.29) is 11.9 Å². The largest absolute Gasteiger partial charge is 0.337 e. The van der Waals surface area contributed by atoms with E-state index in [1.54, 1.807) is 0 Å². The number of likely N-dealkylation sites (tertiary alicyclic amines) is 1. The van der Waals surface area contributed by atoms with Crippen LogP contribution < -0.4 is 5.73 Å². The van der Waals surface area contributed by atoms with Crippen molar-refractivity contribution in [3.63, 3.8) is 0 Å². The van der Waals surface area contributed by atoms with Crippen LogP contribution in [-0.2, 0) is 0 Å². The van der Waals surface area contributed by atoms with Crippen LogP contribution in [0.1, 0.15) is 29.0 Å². The first-order chi connectivity index (χ1) is 11.1. The van der Waals surface area contributed by atoms with Crippen molar-refractivity contribution in [1.82, 2.24) is 14.7 Å². The van der Waals surface area contributed by atoms with Gasteiger partial charge in [0.25, 0.3) is 5.91 Å². The molecule has 120 valence electrons. The monoisotopic (exact) mass is 310 g/mol. The van der Waals surface area contributed by atoms with Crippen molar-refractivity contribution in [1.29, 1.82) is 0 Å². The molecule has 2 heterocycles. The van der Waals surface area contributed by atoms with E-state index in [1.807, 2.05) is 52.9 Å². The van der Waals surface area contributed by atoms with Crippen LogP contribution in [0.2, 0.25) is 0 Å². The van der Waals surface area contributed by atoms with Gasteiger partial charge in [-0.25, -0.2) is 4.68 Å². The molecule has 0 spiro atoms. The summed E-state index contributed by atoms with van der Waals surface area (Å²) >= 11 is 0. The molecule has 1 saturated heterocycles. The van der Waals surface area contributed by atoms with Gasteiger partial charge in [-0.1, -0.05) is 18.2 Å². The molecule has 2 fully saturated rings. The van der Waals surface area contributed by atoms with Crippen molar-refractivity contribution >= 4 is 5.91 Å². The number of benzene rings is 1. The van der Waals surface area contributed by atoms with E-state index in [1.165, 1.54) is 0 Å². The number of carbonyl (C=O) groups excluding carboxylic acids is 1. The van der Waals surface area contributed by atoms with E-state index in [0.717, 1.165) is 37.3 Å². The van der Waals surface area contributed by atoms with Gasteiger partial charge in [0.15, 0.2) is 5.69 Å². The Morgan fingerprint density at radius 3 is 2.74 bits per heavy atom. The number of fused-ring (bicyclic) bond motifs is 1. The summed E-state index contributed by atoms with van der Waals surface area (Å²) in [6.45, 7) is 3.59. The van der Waals surface area contributed by atoms with Crippen LogP contribution in [0.3, 0.4) is 0 Å². The van der Waals surface area contributed by atoms with Gasteiger partial charge >= 0.3 is 0 Å². The van der Waals surface area contributed by atoms with E-state index in [9.17, 15) is 4.79 Å². The normalized spacial score (nSPS) is 26.5. The van der Waals surface area contributed by atoms with Crippen LogP contribution in [0.15, 0.2) is 36.4 Å². The maximum absolute atomic E-state index is 12.8. The standard InChI is InChI=1S/C18H22N4O/c1-12-9-17(20-22(12)14-5-3-2-4-6-14)18(23)21-10-13-7-8-16(19)15(13)11-21/h2-6,9,13,15-16H,7-8,10-11,19H2,1H3. The summed E-state index contributed by atoms with van der Waals surface area (Å²) in [4.78, 5) is 14.7.